The summed E-state index contributed by atoms with van der Waals surface area (Å²) in [7, 11) is 0. The average Bonchev–Trinajstić information content (AvgIpc) is 2.25. The zero-order valence-corrected chi connectivity index (χ0v) is 16.1. The van der Waals surface area contributed by atoms with Crippen molar-refractivity contribution in [2.75, 3.05) is 13.2 Å². The van der Waals surface area contributed by atoms with Crippen molar-refractivity contribution in [1.29, 1.82) is 0 Å². The standard InChI is InChI=1S/C18H40N2O/c1-13(2)19-16(6)17(7,8)12-21-11-15(5)18(9,10)20-14(3)4/h13-16,19-20H,11-12H2,1-10H3. The molecule has 0 fully saturated rings. The lowest BCUT2D eigenvalue weighted by Crippen LogP contribution is -2.50. The minimum absolute atomic E-state index is 0.0973. The molecular weight excluding hydrogens is 260 g/mol. The maximum Gasteiger partial charge on any atom is 0.0532 e. The van der Waals surface area contributed by atoms with Gasteiger partial charge in [-0.15, -0.1) is 0 Å². The Hall–Kier alpha value is -0.120. The van der Waals surface area contributed by atoms with Crippen LogP contribution >= 0.6 is 0 Å². The lowest BCUT2D eigenvalue weighted by molar-refractivity contribution is 0.0108. The summed E-state index contributed by atoms with van der Waals surface area (Å²) in [5.74, 6) is 0.476. The summed E-state index contributed by atoms with van der Waals surface area (Å²) in [4.78, 5) is 0. The van der Waals surface area contributed by atoms with Gasteiger partial charge in [0.05, 0.1) is 13.2 Å². The first-order valence-electron chi connectivity index (χ1n) is 8.50. The van der Waals surface area contributed by atoms with Crippen LogP contribution in [-0.4, -0.2) is 36.9 Å². The number of ether oxygens (including phenoxy) is 1. The summed E-state index contributed by atoms with van der Waals surface area (Å²) in [5.41, 5.74) is 0.236. The van der Waals surface area contributed by atoms with Crippen molar-refractivity contribution in [2.45, 2.75) is 92.9 Å². The third-order valence-electron chi connectivity index (χ3n) is 4.49. The molecule has 0 amide bonds. The van der Waals surface area contributed by atoms with Crippen LogP contribution in [0, 0.1) is 11.3 Å². The van der Waals surface area contributed by atoms with E-state index in [2.05, 4.69) is 79.9 Å². The summed E-state index contributed by atoms with van der Waals surface area (Å²) in [6.07, 6.45) is 0. The Balaban J connectivity index is 4.28. The van der Waals surface area contributed by atoms with Crippen molar-refractivity contribution in [3.8, 4) is 0 Å². The molecule has 0 aliphatic rings. The van der Waals surface area contributed by atoms with Gasteiger partial charge in [-0.1, -0.05) is 48.5 Å². The fourth-order valence-electron chi connectivity index (χ4n) is 2.44. The Morgan fingerprint density at radius 3 is 1.81 bits per heavy atom. The molecule has 0 aromatic carbocycles. The SMILES string of the molecule is CC(C)NC(C)C(C)(C)COCC(C)C(C)(C)NC(C)C. The quantitative estimate of drug-likeness (QED) is 0.643. The Morgan fingerprint density at radius 1 is 0.857 bits per heavy atom. The Bertz CT molecular complexity index is 285. The van der Waals surface area contributed by atoms with Crippen molar-refractivity contribution in [3.05, 3.63) is 0 Å². The predicted octanol–water partition coefficient (Wildman–Crippen LogP) is 3.83. The Labute approximate surface area is 133 Å². The zero-order chi connectivity index (χ0) is 16.8. The highest BCUT2D eigenvalue weighted by molar-refractivity contribution is 4.86. The smallest absolute Gasteiger partial charge is 0.0532 e. The van der Waals surface area contributed by atoms with Gasteiger partial charge in [0.25, 0.3) is 0 Å². The Morgan fingerprint density at radius 2 is 1.38 bits per heavy atom. The molecule has 2 unspecified atom stereocenters. The van der Waals surface area contributed by atoms with Gasteiger partial charge in [0.2, 0.25) is 0 Å². The van der Waals surface area contributed by atoms with E-state index >= 15 is 0 Å². The molecule has 0 rings (SSSR count). The molecule has 0 bridgehead atoms. The third-order valence-corrected chi connectivity index (χ3v) is 4.49. The first-order valence-corrected chi connectivity index (χ1v) is 8.50. The number of rotatable bonds is 10. The molecular formula is C18H40N2O. The van der Waals surface area contributed by atoms with Crippen LogP contribution in [0.2, 0.25) is 0 Å². The molecule has 0 saturated heterocycles. The minimum Gasteiger partial charge on any atom is -0.380 e. The van der Waals surface area contributed by atoms with E-state index in [1.165, 1.54) is 0 Å². The van der Waals surface area contributed by atoms with E-state index in [1.807, 2.05) is 0 Å². The van der Waals surface area contributed by atoms with Crippen molar-refractivity contribution in [3.63, 3.8) is 0 Å². The molecule has 0 radical (unpaired) electrons. The van der Waals surface area contributed by atoms with Gasteiger partial charge >= 0.3 is 0 Å². The molecule has 3 heteroatoms. The first-order chi connectivity index (χ1) is 9.38. The fourth-order valence-corrected chi connectivity index (χ4v) is 2.44. The molecule has 0 aliphatic heterocycles. The summed E-state index contributed by atoms with van der Waals surface area (Å²) in [5, 5.41) is 7.21. The number of hydrogen-bond donors (Lipinski definition) is 2. The van der Waals surface area contributed by atoms with Crippen LogP contribution in [0.25, 0.3) is 0 Å². The van der Waals surface area contributed by atoms with Gasteiger partial charge in [0.1, 0.15) is 0 Å². The molecule has 0 saturated carbocycles. The monoisotopic (exact) mass is 300 g/mol. The largest absolute Gasteiger partial charge is 0.380 e. The van der Waals surface area contributed by atoms with Crippen LogP contribution in [0.15, 0.2) is 0 Å². The van der Waals surface area contributed by atoms with Gasteiger partial charge in [-0.3, -0.25) is 0 Å². The van der Waals surface area contributed by atoms with Crippen molar-refractivity contribution < 1.29 is 4.74 Å². The molecule has 0 aliphatic carbocycles. The van der Waals surface area contributed by atoms with Gasteiger partial charge in [0, 0.05) is 29.1 Å². The summed E-state index contributed by atoms with van der Waals surface area (Å²) >= 11 is 0. The summed E-state index contributed by atoms with van der Waals surface area (Å²) in [6, 6.07) is 1.44. The van der Waals surface area contributed by atoms with Gasteiger partial charge in [-0.25, -0.2) is 0 Å². The highest BCUT2D eigenvalue weighted by atomic mass is 16.5. The Kier molecular flexibility index (Phi) is 8.45. The first kappa shape index (κ1) is 20.9. The normalized spacial score (nSPS) is 16.6. The van der Waals surface area contributed by atoms with Crippen LogP contribution < -0.4 is 10.6 Å². The van der Waals surface area contributed by atoms with E-state index in [4.69, 9.17) is 4.74 Å². The van der Waals surface area contributed by atoms with E-state index in [0.717, 1.165) is 13.2 Å². The molecule has 2 N–H and O–H groups in total. The molecule has 0 spiro atoms. The van der Waals surface area contributed by atoms with Gasteiger partial charge in [-0.05, 0) is 26.7 Å². The van der Waals surface area contributed by atoms with Crippen molar-refractivity contribution >= 4 is 0 Å². The van der Waals surface area contributed by atoms with E-state index in [-0.39, 0.29) is 11.0 Å². The molecule has 0 aromatic heterocycles. The average molecular weight is 301 g/mol. The second kappa shape index (κ2) is 8.50. The van der Waals surface area contributed by atoms with Gasteiger partial charge in [0.15, 0.2) is 0 Å². The second-order valence-corrected chi connectivity index (χ2v) is 8.47. The molecule has 21 heavy (non-hydrogen) atoms. The van der Waals surface area contributed by atoms with Crippen LogP contribution in [-0.2, 0) is 4.74 Å². The minimum atomic E-state index is 0.0973. The molecule has 128 valence electrons. The number of nitrogens with one attached hydrogen (secondary N) is 2. The van der Waals surface area contributed by atoms with E-state index in [9.17, 15) is 0 Å². The lowest BCUT2D eigenvalue weighted by Gasteiger charge is -2.37. The maximum absolute atomic E-state index is 6.05. The van der Waals surface area contributed by atoms with Crippen LogP contribution in [0.3, 0.4) is 0 Å². The topological polar surface area (TPSA) is 33.3 Å². The van der Waals surface area contributed by atoms with Crippen LogP contribution in [0.1, 0.15) is 69.2 Å². The van der Waals surface area contributed by atoms with Crippen molar-refractivity contribution in [2.24, 2.45) is 11.3 Å². The fraction of sp³-hybridized carbons (Fsp3) is 1.00. The number of hydrogen-bond acceptors (Lipinski definition) is 3. The highest BCUT2D eigenvalue weighted by Gasteiger charge is 2.29. The third kappa shape index (κ3) is 8.18. The van der Waals surface area contributed by atoms with Crippen molar-refractivity contribution in [1.82, 2.24) is 10.6 Å². The van der Waals surface area contributed by atoms with Gasteiger partial charge < -0.3 is 15.4 Å². The van der Waals surface area contributed by atoms with Gasteiger partial charge in [-0.2, -0.15) is 0 Å². The second-order valence-electron chi connectivity index (χ2n) is 8.47. The van der Waals surface area contributed by atoms with E-state index in [0.29, 0.717) is 24.0 Å². The van der Waals surface area contributed by atoms with Crippen LogP contribution in [0.4, 0.5) is 0 Å². The van der Waals surface area contributed by atoms with E-state index in [1.54, 1.807) is 0 Å². The molecule has 2 atom stereocenters. The lowest BCUT2D eigenvalue weighted by atomic mass is 9.85. The highest BCUT2D eigenvalue weighted by Crippen LogP contribution is 2.23. The maximum atomic E-state index is 6.05. The molecule has 0 aromatic rings. The van der Waals surface area contributed by atoms with E-state index < -0.39 is 0 Å². The molecule has 0 heterocycles. The predicted molar refractivity (Wildman–Crippen MR) is 93.8 cm³/mol. The van der Waals surface area contributed by atoms with Crippen LogP contribution in [0.5, 0.6) is 0 Å². The zero-order valence-electron chi connectivity index (χ0n) is 16.1. The molecule has 3 nitrogen and oxygen atoms in total. The summed E-state index contributed by atoms with van der Waals surface area (Å²) in [6.45, 7) is 23.9. The summed E-state index contributed by atoms with van der Waals surface area (Å²) < 4.78 is 6.05.